The van der Waals surface area contributed by atoms with Gasteiger partial charge in [-0.2, -0.15) is 0 Å². The summed E-state index contributed by atoms with van der Waals surface area (Å²) in [5.74, 6) is -0.394. The molecule has 1 heterocycles. The molecule has 0 aromatic heterocycles. The van der Waals surface area contributed by atoms with Gasteiger partial charge in [-0.25, -0.2) is 4.79 Å². The van der Waals surface area contributed by atoms with Crippen LogP contribution in [-0.4, -0.2) is 54.2 Å². The van der Waals surface area contributed by atoms with E-state index in [4.69, 9.17) is 0 Å². The molecule has 3 amide bonds. The summed E-state index contributed by atoms with van der Waals surface area (Å²) in [5, 5.41) is 15.1. The van der Waals surface area contributed by atoms with Crippen LogP contribution in [0, 0.1) is 0 Å². The van der Waals surface area contributed by atoms with Gasteiger partial charge in [-0.1, -0.05) is 30.3 Å². The molecule has 1 saturated heterocycles. The highest BCUT2D eigenvalue weighted by molar-refractivity contribution is 5.97. The number of urea groups is 1. The molecule has 1 aliphatic rings. The van der Waals surface area contributed by atoms with Gasteiger partial charge in [0.05, 0.1) is 5.69 Å². The monoisotopic (exact) mass is 368 g/mol. The SMILES string of the molecule is C[C@H](NC(=O)N1CCN(c2ccccc2)CC1)C(=O)Nc1ccccc1O. The molecule has 3 rings (SSSR count). The van der Waals surface area contributed by atoms with E-state index in [1.54, 1.807) is 30.0 Å². The van der Waals surface area contributed by atoms with Crippen molar-refractivity contribution in [3.8, 4) is 5.75 Å². The molecule has 0 aliphatic carbocycles. The summed E-state index contributed by atoms with van der Waals surface area (Å²) >= 11 is 0. The van der Waals surface area contributed by atoms with E-state index in [-0.39, 0.29) is 17.7 Å². The zero-order valence-electron chi connectivity index (χ0n) is 15.3. The third-order valence-corrected chi connectivity index (χ3v) is 4.58. The Bertz CT molecular complexity index is 789. The highest BCUT2D eigenvalue weighted by Crippen LogP contribution is 2.21. The molecule has 27 heavy (non-hydrogen) atoms. The second-order valence-corrected chi connectivity index (χ2v) is 6.49. The van der Waals surface area contributed by atoms with E-state index < -0.39 is 6.04 Å². The maximum absolute atomic E-state index is 12.4. The fourth-order valence-corrected chi connectivity index (χ4v) is 2.97. The number of para-hydroxylation sites is 3. The molecule has 1 atom stereocenters. The van der Waals surface area contributed by atoms with Gasteiger partial charge in [0.1, 0.15) is 11.8 Å². The van der Waals surface area contributed by atoms with Gasteiger partial charge >= 0.3 is 6.03 Å². The fourth-order valence-electron chi connectivity index (χ4n) is 2.97. The molecule has 0 bridgehead atoms. The number of nitrogens with one attached hydrogen (secondary N) is 2. The van der Waals surface area contributed by atoms with Crippen molar-refractivity contribution >= 4 is 23.3 Å². The lowest BCUT2D eigenvalue weighted by Crippen LogP contribution is -2.54. The Balaban J connectivity index is 1.49. The van der Waals surface area contributed by atoms with Crippen molar-refractivity contribution in [1.82, 2.24) is 10.2 Å². The largest absolute Gasteiger partial charge is 0.506 e. The number of anilines is 2. The number of phenolic OH excluding ortho intramolecular Hbond substituents is 1. The van der Waals surface area contributed by atoms with Crippen molar-refractivity contribution in [1.29, 1.82) is 0 Å². The second-order valence-electron chi connectivity index (χ2n) is 6.49. The Morgan fingerprint density at radius 3 is 2.26 bits per heavy atom. The van der Waals surface area contributed by atoms with Gasteiger partial charge in [0, 0.05) is 31.9 Å². The predicted molar refractivity (Wildman–Crippen MR) is 105 cm³/mol. The number of aromatic hydroxyl groups is 1. The highest BCUT2D eigenvalue weighted by Gasteiger charge is 2.24. The predicted octanol–water partition coefficient (Wildman–Crippen LogP) is 2.25. The van der Waals surface area contributed by atoms with Crippen molar-refractivity contribution in [3.05, 3.63) is 54.6 Å². The molecule has 0 saturated carbocycles. The topological polar surface area (TPSA) is 84.9 Å². The second kappa shape index (κ2) is 8.44. The first kappa shape index (κ1) is 18.6. The Kier molecular flexibility index (Phi) is 5.80. The number of amides is 3. The molecule has 0 radical (unpaired) electrons. The van der Waals surface area contributed by atoms with Crippen LogP contribution < -0.4 is 15.5 Å². The summed E-state index contributed by atoms with van der Waals surface area (Å²) in [6.07, 6.45) is 0. The van der Waals surface area contributed by atoms with Crippen molar-refractivity contribution in [2.24, 2.45) is 0 Å². The third kappa shape index (κ3) is 4.69. The summed E-state index contributed by atoms with van der Waals surface area (Å²) in [6, 6.07) is 15.6. The van der Waals surface area contributed by atoms with Crippen LogP contribution in [-0.2, 0) is 4.79 Å². The molecular formula is C20H24N4O3. The molecule has 1 fully saturated rings. The van der Waals surface area contributed by atoms with Crippen molar-refractivity contribution < 1.29 is 14.7 Å². The lowest BCUT2D eigenvalue weighted by molar-refractivity contribution is -0.117. The van der Waals surface area contributed by atoms with Crippen LogP contribution in [0.3, 0.4) is 0 Å². The van der Waals surface area contributed by atoms with Crippen LogP contribution in [0.4, 0.5) is 16.2 Å². The average molecular weight is 368 g/mol. The van der Waals surface area contributed by atoms with Crippen LogP contribution in [0.1, 0.15) is 6.92 Å². The first-order chi connectivity index (χ1) is 13.0. The van der Waals surface area contributed by atoms with Crippen LogP contribution in [0.15, 0.2) is 54.6 Å². The van der Waals surface area contributed by atoms with E-state index in [9.17, 15) is 14.7 Å². The van der Waals surface area contributed by atoms with Gasteiger partial charge in [0.25, 0.3) is 0 Å². The van der Waals surface area contributed by atoms with E-state index in [1.807, 2.05) is 18.2 Å². The standard InChI is InChI=1S/C20H24N4O3/c1-15(19(26)22-17-9-5-6-10-18(17)25)21-20(27)24-13-11-23(12-14-24)16-7-3-2-4-8-16/h2-10,15,25H,11-14H2,1H3,(H,21,27)(H,22,26)/t15-/m0/s1. The van der Waals surface area contributed by atoms with Gasteiger partial charge in [-0.15, -0.1) is 0 Å². The fraction of sp³-hybridized carbons (Fsp3) is 0.300. The summed E-state index contributed by atoms with van der Waals surface area (Å²) in [6.45, 7) is 4.29. The minimum atomic E-state index is -0.718. The number of benzene rings is 2. The number of carbonyl (C=O) groups is 2. The number of nitrogens with zero attached hydrogens (tertiary/aromatic N) is 2. The van der Waals surface area contributed by atoms with Crippen molar-refractivity contribution in [2.45, 2.75) is 13.0 Å². The van der Waals surface area contributed by atoms with Gasteiger partial charge in [-0.3, -0.25) is 4.79 Å². The number of rotatable bonds is 4. The zero-order chi connectivity index (χ0) is 19.2. The lowest BCUT2D eigenvalue weighted by atomic mass is 10.2. The Labute approximate surface area is 158 Å². The Morgan fingerprint density at radius 2 is 1.59 bits per heavy atom. The quantitative estimate of drug-likeness (QED) is 0.723. The molecule has 0 spiro atoms. The molecule has 142 valence electrons. The van der Waals surface area contributed by atoms with E-state index in [0.29, 0.717) is 18.8 Å². The van der Waals surface area contributed by atoms with Crippen molar-refractivity contribution in [2.75, 3.05) is 36.4 Å². The molecule has 7 nitrogen and oxygen atoms in total. The van der Waals surface area contributed by atoms with Gasteiger partial charge in [0.15, 0.2) is 0 Å². The van der Waals surface area contributed by atoms with Crippen LogP contribution in [0.25, 0.3) is 0 Å². The lowest BCUT2D eigenvalue weighted by Gasteiger charge is -2.36. The summed E-state index contributed by atoms with van der Waals surface area (Å²) < 4.78 is 0. The smallest absolute Gasteiger partial charge is 0.318 e. The van der Waals surface area contributed by atoms with E-state index in [1.165, 1.54) is 6.07 Å². The minimum absolute atomic E-state index is 0.0126. The maximum atomic E-state index is 12.4. The first-order valence-corrected chi connectivity index (χ1v) is 8.99. The van der Waals surface area contributed by atoms with Crippen LogP contribution in [0.5, 0.6) is 5.75 Å². The minimum Gasteiger partial charge on any atom is -0.506 e. The summed E-state index contributed by atoms with van der Waals surface area (Å²) in [7, 11) is 0. The van der Waals surface area contributed by atoms with Gasteiger partial charge < -0.3 is 25.5 Å². The van der Waals surface area contributed by atoms with Gasteiger partial charge in [0.2, 0.25) is 5.91 Å². The van der Waals surface area contributed by atoms with E-state index >= 15 is 0 Å². The van der Waals surface area contributed by atoms with Crippen molar-refractivity contribution in [3.63, 3.8) is 0 Å². The average Bonchev–Trinajstić information content (AvgIpc) is 2.70. The molecule has 3 N–H and O–H groups in total. The molecule has 1 aliphatic heterocycles. The summed E-state index contributed by atoms with van der Waals surface area (Å²) in [5.41, 5.74) is 1.47. The number of piperazine rings is 1. The molecule has 7 heteroatoms. The van der Waals surface area contributed by atoms with Crippen LogP contribution >= 0.6 is 0 Å². The third-order valence-electron chi connectivity index (χ3n) is 4.58. The normalized spacial score (nSPS) is 15.1. The summed E-state index contributed by atoms with van der Waals surface area (Å²) in [4.78, 5) is 28.6. The Morgan fingerprint density at radius 1 is 0.963 bits per heavy atom. The first-order valence-electron chi connectivity index (χ1n) is 8.99. The van der Waals surface area contributed by atoms with Crippen LogP contribution in [0.2, 0.25) is 0 Å². The highest BCUT2D eigenvalue weighted by atomic mass is 16.3. The van der Waals surface area contributed by atoms with E-state index in [0.717, 1.165) is 18.8 Å². The van der Waals surface area contributed by atoms with Gasteiger partial charge in [-0.05, 0) is 31.2 Å². The molecular weight excluding hydrogens is 344 g/mol. The number of carbonyl (C=O) groups excluding carboxylic acids is 2. The number of hydrogen-bond donors (Lipinski definition) is 3. The van der Waals surface area contributed by atoms with E-state index in [2.05, 4.69) is 27.7 Å². The molecule has 2 aromatic rings. The zero-order valence-corrected chi connectivity index (χ0v) is 15.3. The number of phenols is 1. The maximum Gasteiger partial charge on any atom is 0.318 e. The molecule has 2 aromatic carbocycles. The molecule has 0 unspecified atom stereocenters. The Hall–Kier alpha value is -3.22. The number of hydrogen-bond acceptors (Lipinski definition) is 4.